The zero-order valence-electron chi connectivity index (χ0n) is 11.2. The first-order valence-corrected chi connectivity index (χ1v) is 6.07. The molecule has 0 amide bonds. The average Bonchev–Trinajstić information content (AvgIpc) is 2.33. The quantitative estimate of drug-likeness (QED) is 0.457. The van der Waals surface area contributed by atoms with Crippen LogP contribution < -0.4 is 4.74 Å². The number of methoxy groups -OCH3 is 1. The van der Waals surface area contributed by atoms with Crippen LogP contribution in [0.2, 0.25) is 0 Å². The highest BCUT2D eigenvalue weighted by molar-refractivity contribution is 7.78. The Hall–Kier alpha value is -1.66. The van der Waals surface area contributed by atoms with Gasteiger partial charge in [0.25, 0.3) is 0 Å². The molecule has 0 radical (unpaired) electrons. The Kier molecular flexibility index (Phi) is 5.06. The maximum Gasteiger partial charge on any atom is 0.119 e. The average molecular weight is 259 g/mol. The normalized spacial score (nSPS) is 10.0. The Morgan fingerprint density at radius 3 is 2.67 bits per heavy atom. The van der Waals surface area contributed by atoms with Crippen LogP contribution in [0.1, 0.15) is 26.3 Å². The maximum absolute atomic E-state index is 5.17. The molecule has 0 fully saturated rings. The lowest BCUT2D eigenvalue weighted by atomic mass is 9.92. The number of benzene rings is 1. The van der Waals surface area contributed by atoms with E-state index in [2.05, 4.69) is 48.9 Å². The molecule has 0 atom stereocenters. The molecule has 1 aromatic rings. The lowest BCUT2D eigenvalue weighted by Gasteiger charge is -2.15. The molecule has 2 nitrogen and oxygen atoms in total. The van der Waals surface area contributed by atoms with Gasteiger partial charge in [0.05, 0.1) is 18.0 Å². The van der Waals surface area contributed by atoms with Gasteiger partial charge in [-0.15, -0.1) is 0 Å². The number of thiocarbonyl (C=S) groups is 1. The summed E-state index contributed by atoms with van der Waals surface area (Å²) in [6.07, 6.45) is 1.87. The van der Waals surface area contributed by atoms with Crippen molar-refractivity contribution in [1.82, 2.24) is 0 Å². The third kappa shape index (κ3) is 4.31. The number of hydrogen-bond acceptors (Lipinski definition) is 3. The molecule has 0 saturated heterocycles. The smallest absolute Gasteiger partial charge is 0.119 e. The molecule has 0 aromatic heterocycles. The largest absolute Gasteiger partial charge is 0.497 e. The first-order chi connectivity index (χ1) is 8.47. The fourth-order valence-corrected chi connectivity index (χ4v) is 1.44. The van der Waals surface area contributed by atoms with Crippen LogP contribution in [0.3, 0.4) is 0 Å². The van der Waals surface area contributed by atoms with Crippen molar-refractivity contribution in [2.45, 2.75) is 20.8 Å². The topological polar surface area (TPSA) is 21.6 Å². The predicted octanol–water partition coefficient (Wildman–Crippen LogP) is 4.34. The molecular formula is C15H17NOS. The van der Waals surface area contributed by atoms with Crippen LogP contribution in [0.4, 0.5) is 0 Å². The van der Waals surface area contributed by atoms with E-state index >= 15 is 0 Å². The number of isothiocyanates is 1. The van der Waals surface area contributed by atoms with Crippen molar-refractivity contribution in [2.24, 2.45) is 10.4 Å². The number of nitrogens with zero attached hydrogens (tertiary/aromatic N) is 1. The van der Waals surface area contributed by atoms with E-state index in [9.17, 15) is 0 Å². The van der Waals surface area contributed by atoms with E-state index in [1.54, 1.807) is 7.11 Å². The van der Waals surface area contributed by atoms with Crippen LogP contribution >= 0.6 is 12.2 Å². The van der Waals surface area contributed by atoms with Crippen molar-refractivity contribution < 1.29 is 4.74 Å². The van der Waals surface area contributed by atoms with Crippen molar-refractivity contribution in [2.75, 3.05) is 7.11 Å². The second-order valence-corrected chi connectivity index (χ2v) is 5.05. The monoisotopic (exact) mass is 259 g/mol. The first-order valence-electron chi connectivity index (χ1n) is 5.66. The molecule has 18 heavy (non-hydrogen) atoms. The van der Waals surface area contributed by atoms with Gasteiger partial charge < -0.3 is 4.74 Å². The molecule has 94 valence electrons. The minimum atomic E-state index is -0.110. The molecule has 0 spiro atoms. The van der Waals surface area contributed by atoms with Gasteiger partial charge in [-0.3, -0.25) is 0 Å². The summed E-state index contributed by atoms with van der Waals surface area (Å²) in [5.74, 6) is 0.821. The lowest BCUT2D eigenvalue weighted by molar-refractivity contribution is 0.414. The van der Waals surface area contributed by atoms with Crippen LogP contribution in [-0.2, 0) is 0 Å². The number of rotatable bonds is 3. The molecule has 0 heterocycles. The SMILES string of the molecule is COc1cccc(C=C=C(N=C=S)C(C)(C)C)c1. The second-order valence-electron chi connectivity index (χ2n) is 4.87. The van der Waals surface area contributed by atoms with E-state index in [0.717, 1.165) is 17.0 Å². The molecule has 3 heteroatoms. The van der Waals surface area contributed by atoms with Crippen molar-refractivity contribution >= 4 is 23.5 Å². The number of hydrogen-bond donors (Lipinski definition) is 0. The zero-order valence-corrected chi connectivity index (χ0v) is 12.0. The van der Waals surface area contributed by atoms with Gasteiger partial charge in [-0.25, -0.2) is 0 Å². The second kappa shape index (κ2) is 6.32. The third-order valence-electron chi connectivity index (χ3n) is 2.34. The molecule has 0 bridgehead atoms. The molecule has 0 aliphatic heterocycles. The zero-order chi connectivity index (χ0) is 13.6. The number of ether oxygens (including phenoxy) is 1. The summed E-state index contributed by atoms with van der Waals surface area (Å²) in [5.41, 5.74) is 4.85. The van der Waals surface area contributed by atoms with Gasteiger partial charge in [0.1, 0.15) is 5.75 Å². The summed E-state index contributed by atoms with van der Waals surface area (Å²) >= 11 is 4.66. The van der Waals surface area contributed by atoms with Crippen LogP contribution in [0.15, 0.2) is 40.7 Å². The Morgan fingerprint density at radius 1 is 1.39 bits per heavy atom. The van der Waals surface area contributed by atoms with E-state index in [1.807, 2.05) is 30.3 Å². The van der Waals surface area contributed by atoms with E-state index in [-0.39, 0.29) is 5.41 Å². The summed E-state index contributed by atoms with van der Waals surface area (Å²) in [6, 6.07) is 7.76. The van der Waals surface area contributed by atoms with Crippen molar-refractivity contribution in [3.8, 4) is 5.75 Å². The van der Waals surface area contributed by atoms with Crippen LogP contribution in [-0.4, -0.2) is 12.3 Å². The van der Waals surface area contributed by atoms with Crippen molar-refractivity contribution in [3.63, 3.8) is 0 Å². The van der Waals surface area contributed by atoms with E-state index in [4.69, 9.17) is 4.74 Å². The molecule has 0 unspecified atom stereocenters. The van der Waals surface area contributed by atoms with Crippen molar-refractivity contribution in [3.05, 3.63) is 41.3 Å². The maximum atomic E-state index is 5.17. The summed E-state index contributed by atoms with van der Waals surface area (Å²) < 4.78 is 5.17. The van der Waals surface area contributed by atoms with Gasteiger partial charge in [0.2, 0.25) is 0 Å². The van der Waals surface area contributed by atoms with E-state index < -0.39 is 0 Å². The van der Waals surface area contributed by atoms with Crippen LogP contribution in [0, 0.1) is 5.41 Å². The molecule has 1 aromatic carbocycles. The highest BCUT2D eigenvalue weighted by Gasteiger charge is 2.15. The number of allylic oxidation sites excluding steroid dienone is 1. The Balaban J connectivity index is 3.18. The summed E-state index contributed by atoms with van der Waals surface area (Å²) in [7, 11) is 1.65. The molecule has 0 aliphatic carbocycles. The highest BCUT2D eigenvalue weighted by atomic mass is 32.1. The molecule has 0 saturated carbocycles. The predicted molar refractivity (Wildman–Crippen MR) is 79.0 cm³/mol. The van der Waals surface area contributed by atoms with Crippen molar-refractivity contribution in [1.29, 1.82) is 0 Å². The minimum absolute atomic E-state index is 0.110. The molecule has 0 aliphatic rings. The summed E-state index contributed by atoms with van der Waals surface area (Å²) in [6.45, 7) is 6.18. The first kappa shape index (κ1) is 14.4. The van der Waals surface area contributed by atoms with Gasteiger partial charge in [0, 0.05) is 5.41 Å². The van der Waals surface area contributed by atoms with E-state index in [1.165, 1.54) is 0 Å². The van der Waals surface area contributed by atoms with Crippen LogP contribution in [0.5, 0.6) is 5.75 Å². The van der Waals surface area contributed by atoms with Crippen LogP contribution in [0.25, 0.3) is 6.08 Å². The fourth-order valence-electron chi connectivity index (χ4n) is 1.35. The Morgan fingerprint density at radius 2 is 2.11 bits per heavy atom. The van der Waals surface area contributed by atoms with Gasteiger partial charge in [-0.2, -0.15) is 4.99 Å². The van der Waals surface area contributed by atoms with Gasteiger partial charge in [0.15, 0.2) is 0 Å². The summed E-state index contributed by atoms with van der Waals surface area (Å²) in [5, 5.41) is 2.40. The van der Waals surface area contributed by atoms with Gasteiger partial charge in [-0.1, -0.05) is 38.6 Å². The van der Waals surface area contributed by atoms with E-state index in [0.29, 0.717) is 0 Å². The molecule has 0 N–H and O–H groups in total. The lowest BCUT2D eigenvalue weighted by Crippen LogP contribution is -2.06. The fraction of sp³-hybridized carbons (Fsp3) is 0.333. The van der Waals surface area contributed by atoms with Gasteiger partial charge >= 0.3 is 0 Å². The standard InChI is InChI=1S/C15H17NOS/c1-15(2,3)14(16-11-18)9-8-12-6-5-7-13(10-12)17-4/h5-8,10H,1-4H3. The highest BCUT2D eigenvalue weighted by Crippen LogP contribution is 2.25. The minimum Gasteiger partial charge on any atom is -0.497 e. The third-order valence-corrected chi connectivity index (χ3v) is 2.43. The molecular weight excluding hydrogens is 242 g/mol. The van der Waals surface area contributed by atoms with Gasteiger partial charge in [-0.05, 0) is 36.0 Å². The number of aliphatic imine (C=N–C) groups is 1. The molecule has 1 rings (SSSR count). The summed E-state index contributed by atoms with van der Waals surface area (Å²) in [4.78, 5) is 4.06. The Labute approximate surface area is 114 Å². The Bertz CT molecular complexity index is 528.